The highest BCUT2D eigenvalue weighted by molar-refractivity contribution is 9.10. The zero-order chi connectivity index (χ0) is 13.8. The Bertz CT molecular complexity index is 553. The highest BCUT2D eigenvalue weighted by Gasteiger charge is 2.08. The summed E-state index contributed by atoms with van der Waals surface area (Å²) in [4.78, 5) is 4.28. The monoisotopic (exact) mass is 320 g/mol. The number of pyridine rings is 1. The maximum Gasteiger partial charge on any atom is 0.130 e. The lowest BCUT2D eigenvalue weighted by Crippen LogP contribution is -2.08. The third-order valence-corrected chi connectivity index (χ3v) is 3.29. The van der Waals surface area contributed by atoms with Crippen molar-refractivity contribution in [2.75, 3.05) is 0 Å². The van der Waals surface area contributed by atoms with Crippen LogP contribution in [0.25, 0.3) is 0 Å². The zero-order valence-corrected chi connectivity index (χ0v) is 12.6. The summed E-state index contributed by atoms with van der Waals surface area (Å²) in [6, 6.07) is 9.89. The first kappa shape index (κ1) is 14.0. The van der Waals surface area contributed by atoms with Crippen LogP contribution in [0.2, 0.25) is 0 Å². The molecule has 4 heteroatoms. The molecule has 0 bridgehead atoms. The van der Waals surface area contributed by atoms with E-state index in [0.717, 1.165) is 21.5 Å². The van der Waals surface area contributed by atoms with Gasteiger partial charge in [-0.3, -0.25) is 4.98 Å². The fourth-order valence-electron chi connectivity index (χ4n) is 1.80. The molecule has 0 saturated carbocycles. The predicted octanol–water partition coefficient (Wildman–Crippen LogP) is 3.75. The Morgan fingerprint density at radius 2 is 2.11 bits per heavy atom. The summed E-state index contributed by atoms with van der Waals surface area (Å²) in [6.45, 7) is 4.45. The van der Waals surface area contributed by atoms with Gasteiger partial charge in [0.05, 0.1) is 5.69 Å². The number of nitrogens with zero attached hydrogens (tertiary/aromatic N) is 1. The van der Waals surface area contributed by atoms with Crippen LogP contribution in [0.3, 0.4) is 0 Å². The summed E-state index contributed by atoms with van der Waals surface area (Å²) >= 11 is 3.36. The minimum atomic E-state index is -0.0484. The van der Waals surface area contributed by atoms with Crippen molar-refractivity contribution in [1.82, 2.24) is 4.98 Å². The lowest BCUT2D eigenvalue weighted by Gasteiger charge is -2.14. The molecule has 2 N–H and O–H groups in total. The van der Waals surface area contributed by atoms with Gasteiger partial charge in [-0.05, 0) is 48.0 Å². The molecule has 1 heterocycles. The van der Waals surface area contributed by atoms with Gasteiger partial charge in [0.2, 0.25) is 0 Å². The molecule has 2 aromatic rings. The average molecular weight is 321 g/mol. The Kier molecular flexibility index (Phi) is 4.56. The first-order chi connectivity index (χ1) is 9.06. The molecule has 0 spiro atoms. The van der Waals surface area contributed by atoms with E-state index in [9.17, 15) is 0 Å². The van der Waals surface area contributed by atoms with Crippen LogP contribution in [-0.2, 0) is 6.61 Å². The molecule has 19 heavy (non-hydrogen) atoms. The summed E-state index contributed by atoms with van der Waals surface area (Å²) in [5, 5.41) is 0. The summed E-state index contributed by atoms with van der Waals surface area (Å²) < 4.78 is 6.78. The Balaban J connectivity index is 2.13. The van der Waals surface area contributed by atoms with Crippen molar-refractivity contribution in [2.24, 2.45) is 5.73 Å². The van der Waals surface area contributed by atoms with Crippen LogP contribution in [-0.4, -0.2) is 4.98 Å². The van der Waals surface area contributed by atoms with Crippen LogP contribution in [0.5, 0.6) is 5.75 Å². The molecule has 1 aromatic carbocycles. The van der Waals surface area contributed by atoms with Gasteiger partial charge >= 0.3 is 0 Å². The number of aromatic nitrogens is 1. The van der Waals surface area contributed by atoms with E-state index >= 15 is 0 Å². The Labute approximate surface area is 121 Å². The first-order valence-electron chi connectivity index (χ1n) is 6.15. The molecule has 0 fully saturated rings. The fraction of sp³-hybridized carbons (Fsp3) is 0.267. The van der Waals surface area contributed by atoms with Gasteiger partial charge in [0.15, 0.2) is 0 Å². The third kappa shape index (κ3) is 3.78. The number of nitrogens with two attached hydrogens (primary N) is 1. The molecule has 0 aliphatic heterocycles. The molecule has 100 valence electrons. The number of halogens is 1. The molecule has 3 nitrogen and oxygen atoms in total. The molecular formula is C15H17BrN2O. The topological polar surface area (TPSA) is 48.1 Å². The standard InChI is InChI=1S/C15H17BrN2O/c1-10-3-6-15(14(7-10)11(2)17)19-9-13-5-4-12(16)8-18-13/h3-8,11H,9,17H2,1-2H3/t11-/m0/s1. The summed E-state index contributed by atoms with van der Waals surface area (Å²) in [5.41, 5.74) is 9.07. The van der Waals surface area contributed by atoms with E-state index in [1.165, 1.54) is 5.56 Å². The quantitative estimate of drug-likeness (QED) is 0.933. The minimum Gasteiger partial charge on any atom is -0.487 e. The van der Waals surface area contributed by atoms with Crippen molar-refractivity contribution >= 4 is 15.9 Å². The predicted molar refractivity (Wildman–Crippen MR) is 80.1 cm³/mol. The van der Waals surface area contributed by atoms with E-state index in [2.05, 4.69) is 27.0 Å². The molecule has 0 amide bonds. The largest absolute Gasteiger partial charge is 0.487 e. The van der Waals surface area contributed by atoms with Crippen LogP contribution in [0.4, 0.5) is 0 Å². The minimum absolute atomic E-state index is 0.0484. The average Bonchev–Trinajstić information content (AvgIpc) is 2.39. The molecule has 0 aliphatic rings. The molecular weight excluding hydrogens is 304 g/mol. The van der Waals surface area contributed by atoms with E-state index in [1.54, 1.807) is 6.20 Å². The molecule has 0 radical (unpaired) electrons. The van der Waals surface area contributed by atoms with Crippen LogP contribution >= 0.6 is 15.9 Å². The van der Waals surface area contributed by atoms with Crippen molar-refractivity contribution in [2.45, 2.75) is 26.5 Å². The van der Waals surface area contributed by atoms with Gasteiger partial charge in [-0.2, -0.15) is 0 Å². The van der Waals surface area contributed by atoms with Gasteiger partial charge < -0.3 is 10.5 Å². The molecule has 0 unspecified atom stereocenters. The summed E-state index contributed by atoms with van der Waals surface area (Å²) in [5.74, 6) is 0.824. The maximum absolute atomic E-state index is 5.97. The second-order valence-electron chi connectivity index (χ2n) is 4.59. The van der Waals surface area contributed by atoms with Gasteiger partial charge in [0, 0.05) is 22.3 Å². The summed E-state index contributed by atoms with van der Waals surface area (Å²) in [7, 11) is 0. The second-order valence-corrected chi connectivity index (χ2v) is 5.50. The highest BCUT2D eigenvalue weighted by Crippen LogP contribution is 2.25. The Morgan fingerprint density at radius 1 is 1.32 bits per heavy atom. The molecule has 1 aromatic heterocycles. The van der Waals surface area contributed by atoms with Crippen molar-refractivity contribution in [1.29, 1.82) is 0 Å². The van der Waals surface area contributed by atoms with Crippen molar-refractivity contribution < 1.29 is 4.74 Å². The van der Waals surface area contributed by atoms with Gasteiger partial charge in [0.25, 0.3) is 0 Å². The van der Waals surface area contributed by atoms with Gasteiger partial charge in [-0.25, -0.2) is 0 Å². The summed E-state index contributed by atoms with van der Waals surface area (Å²) in [6.07, 6.45) is 1.76. The van der Waals surface area contributed by atoms with Crippen LogP contribution < -0.4 is 10.5 Å². The number of rotatable bonds is 4. The second kappa shape index (κ2) is 6.17. The van der Waals surface area contributed by atoms with Gasteiger partial charge in [0.1, 0.15) is 12.4 Å². The van der Waals surface area contributed by atoms with Gasteiger partial charge in [-0.15, -0.1) is 0 Å². The number of hydrogen-bond acceptors (Lipinski definition) is 3. The van der Waals surface area contributed by atoms with E-state index in [4.69, 9.17) is 10.5 Å². The number of hydrogen-bond donors (Lipinski definition) is 1. The van der Waals surface area contributed by atoms with Crippen molar-refractivity contribution in [3.8, 4) is 5.75 Å². The molecule has 1 atom stereocenters. The van der Waals surface area contributed by atoms with Crippen molar-refractivity contribution in [3.63, 3.8) is 0 Å². The van der Waals surface area contributed by atoms with Crippen LogP contribution in [0, 0.1) is 6.92 Å². The first-order valence-corrected chi connectivity index (χ1v) is 6.95. The highest BCUT2D eigenvalue weighted by atomic mass is 79.9. The lowest BCUT2D eigenvalue weighted by molar-refractivity contribution is 0.296. The maximum atomic E-state index is 5.97. The SMILES string of the molecule is Cc1ccc(OCc2ccc(Br)cn2)c([C@H](C)N)c1. The van der Waals surface area contributed by atoms with E-state index in [0.29, 0.717) is 6.61 Å². The normalized spacial score (nSPS) is 12.2. The van der Waals surface area contributed by atoms with Crippen LogP contribution in [0.1, 0.15) is 29.8 Å². The van der Waals surface area contributed by atoms with Crippen LogP contribution in [0.15, 0.2) is 41.0 Å². The Morgan fingerprint density at radius 3 is 2.74 bits per heavy atom. The van der Waals surface area contributed by atoms with Gasteiger partial charge in [-0.1, -0.05) is 17.7 Å². The number of ether oxygens (including phenoxy) is 1. The number of aryl methyl sites for hydroxylation is 1. The molecule has 2 rings (SSSR count). The lowest BCUT2D eigenvalue weighted by atomic mass is 10.1. The molecule has 0 saturated heterocycles. The van der Waals surface area contributed by atoms with E-state index < -0.39 is 0 Å². The van der Waals surface area contributed by atoms with E-state index in [1.807, 2.05) is 38.1 Å². The number of benzene rings is 1. The van der Waals surface area contributed by atoms with E-state index in [-0.39, 0.29) is 6.04 Å². The molecule has 0 aliphatic carbocycles. The fourth-order valence-corrected chi connectivity index (χ4v) is 2.03. The zero-order valence-electron chi connectivity index (χ0n) is 11.1. The third-order valence-electron chi connectivity index (χ3n) is 2.82. The Hall–Kier alpha value is -1.39. The van der Waals surface area contributed by atoms with Crippen molar-refractivity contribution in [3.05, 3.63) is 57.8 Å². The smallest absolute Gasteiger partial charge is 0.130 e.